The molecule has 1 unspecified atom stereocenters. The molecule has 3 heteroatoms. The van der Waals surface area contributed by atoms with Crippen LogP contribution >= 0.6 is 11.6 Å². The number of benzene rings is 1. The Balaban J connectivity index is 1.90. The third kappa shape index (κ3) is 4.60. The first kappa shape index (κ1) is 15.5. The van der Waals surface area contributed by atoms with Crippen LogP contribution in [-0.2, 0) is 0 Å². The van der Waals surface area contributed by atoms with Gasteiger partial charge in [-0.15, -0.1) is 0 Å². The van der Waals surface area contributed by atoms with Gasteiger partial charge in [0.25, 0.3) is 0 Å². The zero-order valence-corrected chi connectivity index (χ0v) is 13.0. The predicted molar refractivity (Wildman–Crippen MR) is 84.5 cm³/mol. The van der Waals surface area contributed by atoms with Crippen molar-refractivity contribution in [1.82, 2.24) is 5.32 Å². The predicted octanol–water partition coefficient (Wildman–Crippen LogP) is 4.61. The Labute approximate surface area is 126 Å². The first-order valence-electron chi connectivity index (χ1n) is 7.72. The molecule has 1 aliphatic rings. The van der Waals surface area contributed by atoms with Crippen LogP contribution in [0.4, 0.5) is 0 Å². The third-order valence-corrected chi connectivity index (χ3v) is 4.36. The fourth-order valence-electron chi connectivity index (χ4n) is 2.92. The third-order valence-electron chi connectivity index (χ3n) is 4.11. The average molecular weight is 294 g/mol. The lowest BCUT2D eigenvalue weighted by molar-refractivity contribution is 0.0941. The van der Waals surface area contributed by atoms with Crippen molar-refractivity contribution in [2.75, 3.05) is 0 Å². The number of carbonyl (C=O) groups is 1. The lowest BCUT2D eigenvalue weighted by Gasteiger charge is -2.24. The summed E-state index contributed by atoms with van der Waals surface area (Å²) in [4.78, 5) is 12.4. The summed E-state index contributed by atoms with van der Waals surface area (Å²) in [5, 5.41) is 4.19. The Morgan fingerprint density at radius 2 is 1.65 bits per heavy atom. The van der Waals surface area contributed by atoms with Crippen LogP contribution in [0.5, 0.6) is 0 Å². The van der Waals surface area contributed by atoms with E-state index >= 15 is 0 Å². The second kappa shape index (κ2) is 7.80. The molecule has 0 amide bonds. The van der Waals surface area contributed by atoms with Gasteiger partial charge in [-0.2, -0.15) is 0 Å². The molecular formula is C17H24ClNO. The van der Waals surface area contributed by atoms with E-state index in [1.165, 1.54) is 44.9 Å². The van der Waals surface area contributed by atoms with Crippen LogP contribution in [0.25, 0.3) is 0 Å². The molecule has 1 saturated carbocycles. The van der Waals surface area contributed by atoms with Crippen LogP contribution in [0.1, 0.15) is 62.2 Å². The zero-order valence-electron chi connectivity index (χ0n) is 12.2. The van der Waals surface area contributed by atoms with E-state index in [9.17, 15) is 4.79 Å². The smallest absolute Gasteiger partial charge is 0.179 e. The van der Waals surface area contributed by atoms with E-state index in [1.807, 2.05) is 6.92 Å². The van der Waals surface area contributed by atoms with Crippen LogP contribution < -0.4 is 5.32 Å². The maximum atomic E-state index is 12.4. The molecule has 0 aromatic heterocycles. The summed E-state index contributed by atoms with van der Waals surface area (Å²) >= 11 is 5.86. The minimum atomic E-state index is -0.124. The van der Waals surface area contributed by atoms with Gasteiger partial charge in [0.15, 0.2) is 5.78 Å². The number of rotatable bonds is 4. The summed E-state index contributed by atoms with van der Waals surface area (Å²) in [6.45, 7) is 1.97. The van der Waals surface area contributed by atoms with Crippen LogP contribution in [0.3, 0.4) is 0 Å². The Hall–Kier alpha value is -0.860. The Bertz CT molecular complexity index is 421. The Kier molecular flexibility index (Phi) is 6.06. The molecule has 2 rings (SSSR count). The number of nitrogens with one attached hydrogen (secondary N) is 1. The largest absolute Gasteiger partial charge is 0.305 e. The van der Waals surface area contributed by atoms with E-state index < -0.39 is 0 Å². The summed E-state index contributed by atoms with van der Waals surface area (Å²) in [7, 11) is 0. The highest BCUT2D eigenvalue weighted by molar-refractivity contribution is 6.30. The van der Waals surface area contributed by atoms with E-state index in [1.54, 1.807) is 24.3 Å². The monoisotopic (exact) mass is 293 g/mol. The molecule has 1 atom stereocenters. The van der Waals surface area contributed by atoms with Gasteiger partial charge in [-0.25, -0.2) is 0 Å². The molecule has 0 aliphatic heterocycles. The summed E-state index contributed by atoms with van der Waals surface area (Å²) in [6.07, 6.45) is 8.97. The van der Waals surface area contributed by atoms with E-state index in [4.69, 9.17) is 11.6 Å². The van der Waals surface area contributed by atoms with Crippen molar-refractivity contribution in [2.45, 2.75) is 64.0 Å². The standard InChI is InChI=1S/C17H24ClNO/c1-13(17(20)14-9-11-15(18)12-10-14)19-16-7-5-3-2-4-6-8-16/h9-13,16,19H,2-8H2,1H3. The molecule has 0 bridgehead atoms. The molecular weight excluding hydrogens is 270 g/mol. The van der Waals surface area contributed by atoms with Gasteiger partial charge < -0.3 is 5.32 Å². The molecule has 0 heterocycles. The molecule has 2 nitrogen and oxygen atoms in total. The number of hydrogen-bond donors (Lipinski definition) is 1. The molecule has 20 heavy (non-hydrogen) atoms. The van der Waals surface area contributed by atoms with Crippen LogP contribution in [0, 0.1) is 0 Å². The Morgan fingerprint density at radius 1 is 1.10 bits per heavy atom. The van der Waals surface area contributed by atoms with Crippen molar-refractivity contribution in [3.05, 3.63) is 34.9 Å². The van der Waals surface area contributed by atoms with Crippen LogP contribution in [0.15, 0.2) is 24.3 Å². The van der Waals surface area contributed by atoms with Gasteiger partial charge >= 0.3 is 0 Å². The Morgan fingerprint density at radius 3 is 2.25 bits per heavy atom. The fraction of sp³-hybridized carbons (Fsp3) is 0.588. The summed E-state index contributed by atoms with van der Waals surface area (Å²) in [5.41, 5.74) is 0.736. The van der Waals surface area contributed by atoms with Gasteiger partial charge in [0.1, 0.15) is 0 Å². The van der Waals surface area contributed by atoms with Gasteiger partial charge in [0, 0.05) is 16.6 Å². The minimum Gasteiger partial charge on any atom is -0.305 e. The lowest BCUT2D eigenvalue weighted by atomic mass is 9.95. The summed E-state index contributed by atoms with van der Waals surface area (Å²) in [6, 6.07) is 7.53. The first-order valence-corrected chi connectivity index (χ1v) is 8.10. The highest BCUT2D eigenvalue weighted by Gasteiger charge is 2.19. The van der Waals surface area contributed by atoms with E-state index in [0.29, 0.717) is 11.1 Å². The highest BCUT2D eigenvalue weighted by Crippen LogP contribution is 2.18. The van der Waals surface area contributed by atoms with Crippen LogP contribution in [-0.4, -0.2) is 17.9 Å². The molecule has 1 N–H and O–H groups in total. The van der Waals surface area contributed by atoms with Crippen molar-refractivity contribution >= 4 is 17.4 Å². The topological polar surface area (TPSA) is 29.1 Å². The molecule has 0 saturated heterocycles. The maximum Gasteiger partial charge on any atom is 0.179 e. The molecule has 1 aromatic rings. The first-order chi connectivity index (χ1) is 9.66. The van der Waals surface area contributed by atoms with Crippen molar-refractivity contribution in [3.63, 3.8) is 0 Å². The van der Waals surface area contributed by atoms with Gasteiger partial charge in [-0.3, -0.25) is 4.79 Å². The molecule has 1 aromatic carbocycles. The molecule has 110 valence electrons. The zero-order chi connectivity index (χ0) is 14.4. The number of carbonyl (C=O) groups excluding carboxylic acids is 1. The van der Waals surface area contributed by atoms with Crippen molar-refractivity contribution in [2.24, 2.45) is 0 Å². The minimum absolute atomic E-state index is 0.124. The lowest BCUT2D eigenvalue weighted by Crippen LogP contribution is -2.41. The van der Waals surface area contributed by atoms with E-state index in [0.717, 1.165) is 5.56 Å². The van der Waals surface area contributed by atoms with Crippen molar-refractivity contribution < 1.29 is 4.79 Å². The van der Waals surface area contributed by atoms with Crippen molar-refractivity contribution in [1.29, 1.82) is 0 Å². The fourth-order valence-corrected chi connectivity index (χ4v) is 3.04. The van der Waals surface area contributed by atoms with Gasteiger partial charge in [0.05, 0.1) is 6.04 Å². The second-order valence-electron chi connectivity index (χ2n) is 5.80. The number of hydrogen-bond acceptors (Lipinski definition) is 2. The number of halogens is 1. The molecule has 0 spiro atoms. The second-order valence-corrected chi connectivity index (χ2v) is 6.24. The highest BCUT2D eigenvalue weighted by atomic mass is 35.5. The summed E-state index contributed by atoms with van der Waals surface area (Å²) in [5.74, 6) is 0.156. The summed E-state index contributed by atoms with van der Waals surface area (Å²) < 4.78 is 0. The normalized spacial score (nSPS) is 19.1. The average Bonchev–Trinajstić information content (AvgIpc) is 2.41. The molecule has 1 fully saturated rings. The van der Waals surface area contributed by atoms with E-state index in [-0.39, 0.29) is 11.8 Å². The van der Waals surface area contributed by atoms with E-state index in [2.05, 4.69) is 5.32 Å². The number of Topliss-reactive ketones (excluding diaryl/α,β-unsaturated/α-hetero) is 1. The quantitative estimate of drug-likeness (QED) is 0.821. The molecule has 0 radical (unpaired) electrons. The van der Waals surface area contributed by atoms with Gasteiger partial charge in [0.2, 0.25) is 0 Å². The SMILES string of the molecule is CC(NC1CCCCCCC1)C(=O)c1ccc(Cl)cc1. The van der Waals surface area contributed by atoms with Crippen molar-refractivity contribution in [3.8, 4) is 0 Å². The van der Waals surface area contributed by atoms with Crippen LogP contribution in [0.2, 0.25) is 5.02 Å². The van der Waals surface area contributed by atoms with Gasteiger partial charge in [-0.1, -0.05) is 43.7 Å². The van der Waals surface area contributed by atoms with Gasteiger partial charge in [-0.05, 0) is 44.0 Å². The maximum absolute atomic E-state index is 12.4. The number of ketones is 1. The molecule has 1 aliphatic carbocycles.